The fourth-order valence-electron chi connectivity index (χ4n) is 3.42. The lowest BCUT2D eigenvalue weighted by atomic mass is 9.97. The van der Waals surface area contributed by atoms with Gasteiger partial charge in [-0.05, 0) is 43.8 Å². The van der Waals surface area contributed by atoms with E-state index in [4.69, 9.17) is 0 Å². The predicted octanol–water partition coefficient (Wildman–Crippen LogP) is 2.39. The fourth-order valence-corrected chi connectivity index (χ4v) is 3.42. The molecule has 0 aromatic heterocycles. The molecule has 2 fully saturated rings. The van der Waals surface area contributed by atoms with Gasteiger partial charge < -0.3 is 10.2 Å². The number of carbonyl (C=O) groups is 1. The van der Waals surface area contributed by atoms with Gasteiger partial charge in [0.05, 0.1) is 0 Å². The number of nitrogens with zero attached hydrogens (tertiary/aromatic N) is 1. The van der Waals surface area contributed by atoms with Crippen LogP contribution in [0.2, 0.25) is 0 Å². The minimum atomic E-state index is 0.243. The van der Waals surface area contributed by atoms with Crippen molar-refractivity contribution in [3.05, 3.63) is 35.9 Å². The van der Waals surface area contributed by atoms with E-state index in [2.05, 4.69) is 40.5 Å². The Hall–Kier alpha value is -1.35. The summed E-state index contributed by atoms with van der Waals surface area (Å²) < 4.78 is 0. The van der Waals surface area contributed by atoms with E-state index < -0.39 is 0 Å². The van der Waals surface area contributed by atoms with E-state index in [0.29, 0.717) is 17.9 Å². The van der Waals surface area contributed by atoms with E-state index in [-0.39, 0.29) is 5.91 Å². The minimum absolute atomic E-state index is 0.243. The molecule has 1 aliphatic heterocycles. The zero-order chi connectivity index (χ0) is 13.9. The molecule has 0 unspecified atom stereocenters. The third kappa shape index (κ3) is 3.04. The van der Waals surface area contributed by atoms with E-state index in [1.54, 1.807) is 6.92 Å². The van der Waals surface area contributed by atoms with Gasteiger partial charge in [-0.3, -0.25) is 4.79 Å². The van der Waals surface area contributed by atoms with Gasteiger partial charge >= 0.3 is 0 Å². The summed E-state index contributed by atoms with van der Waals surface area (Å²) in [6.07, 6.45) is 3.54. The Morgan fingerprint density at radius 3 is 2.60 bits per heavy atom. The number of nitrogens with one attached hydrogen (secondary N) is 1. The Balaban J connectivity index is 1.62. The smallest absolute Gasteiger partial charge is 0.219 e. The first kappa shape index (κ1) is 13.6. The van der Waals surface area contributed by atoms with Crippen LogP contribution in [-0.2, 0) is 4.79 Å². The van der Waals surface area contributed by atoms with Crippen molar-refractivity contribution in [1.82, 2.24) is 10.2 Å². The summed E-state index contributed by atoms with van der Waals surface area (Å²) in [7, 11) is 0. The average Bonchev–Trinajstić information content (AvgIpc) is 3.27. The molecule has 1 aliphatic carbocycles. The lowest BCUT2D eigenvalue weighted by Crippen LogP contribution is -2.40. The second-order valence-electron chi connectivity index (χ2n) is 6.18. The molecule has 0 radical (unpaired) electrons. The standard InChI is InChI=1S/C17H24N2O/c1-13(20)19(12-14-7-9-18-10-8-14)17-11-16(17)15-5-3-2-4-6-15/h2-6,14,16-18H,7-12H2,1H3/t16-,17+/m1/s1. The predicted molar refractivity (Wildman–Crippen MR) is 80.6 cm³/mol. The lowest BCUT2D eigenvalue weighted by Gasteiger charge is -2.30. The van der Waals surface area contributed by atoms with Crippen molar-refractivity contribution in [3.8, 4) is 0 Å². The van der Waals surface area contributed by atoms with Gasteiger partial charge in [-0.15, -0.1) is 0 Å². The molecule has 20 heavy (non-hydrogen) atoms. The maximum Gasteiger partial charge on any atom is 0.219 e. The first-order valence-electron chi connectivity index (χ1n) is 7.78. The Morgan fingerprint density at radius 1 is 1.25 bits per heavy atom. The number of hydrogen-bond donors (Lipinski definition) is 1. The summed E-state index contributed by atoms with van der Waals surface area (Å²) in [5.41, 5.74) is 1.38. The molecular formula is C17H24N2O. The molecule has 1 aromatic rings. The van der Waals surface area contributed by atoms with Crippen LogP contribution in [0.25, 0.3) is 0 Å². The summed E-state index contributed by atoms with van der Waals surface area (Å²) in [5, 5.41) is 3.39. The molecule has 0 spiro atoms. The van der Waals surface area contributed by atoms with Crippen LogP contribution >= 0.6 is 0 Å². The monoisotopic (exact) mass is 272 g/mol. The van der Waals surface area contributed by atoms with Crippen LogP contribution in [0.5, 0.6) is 0 Å². The molecule has 2 atom stereocenters. The van der Waals surface area contributed by atoms with Crippen LogP contribution in [-0.4, -0.2) is 36.5 Å². The van der Waals surface area contributed by atoms with Crippen molar-refractivity contribution in [2.75, 3.05) is 19.6 Å². The first-order chi connectivity index (χ1) is 9.75. The molecule has 3 rings (SSSR count). The highest BCUT2D eigenvalue weighted by molar-refractivity contribution is 5.74. The van der Waals surface area contributed by atoms with Crippen molar-refractivity contribution in [2.45, 2.75) is 38.1 Å². The molecule has 1 N–H and O–H groups in total. The first-order valence-corrected chi connectivity index (χ1v) is 7.78. The van der Waals surface area contributed by atoms with Crippen LogP contribution in [0, 0.1) is 5.92 Å². The van der Waals surface area contributed by atoms with Crippen LogP contribution in [0.1, 0.15) is 37.7 Å². The molecule has 1 amide bonds. The van der Waals surface area contributed by atoms with Gasteiger partial charge in [-0.1, -0.05) is 30.3 Å². The topological polar surface area (TPSA) is 32.3 Å². The zero-order valence-electron chi connectivity index (χ0n) is 12.2. The highest BCUT2D eigenvalue weighted by Gasteiger charge is 2.44. The molecule has 1 saturated heterocycles. The molecular weight excluding hydrogens is 248 g/mol. The van der Waals surface area contributed by atoms with Crippen molar-refractivity contribution >= 4 is 5.91 Å². The summed E-state index contributed by atoms with van der Waals surface area (Å²) in [5.74, 6) is 1.48. The lowest BCUT2D eigenvalue weighted by molar-refractivity contribution is -0.130. The molecule has 2 aliphatic rings. The fraction of sp³-hybridized carbons (Fsp3) is 0.588. The Bertz CT molecular complexity index is 453. The van der Waals surface area contributed by atoms with Gasteiger partial charge in [0.25, 0.3) is 0 Å². The molecule has 0 bridgehead atoms. The normalized spacial score (nSPS) is 26.2. The third-order valence-corrected chi connectivity index (χ3v) is 4.70. The molecule has 108 valence electrons. The maximum absolute atomic E-state index is 12.0. The number of amides is 1. The molecule has 3 heteroatoms. The van der Waals surface area contributed by atoms with Crippen molar-refractivity contribution in [3.63, 3.8) is 0 Å². The zero-order valence-corrected chi connectivity index (χ0v) is 12.2. The summed E-state index contributed by atoms with van der Waals surface area (Å²) in [4.78, 5) is 14.1. The highest BCUT2D eigenvalue weighted by Crippen LogP contribution is 2.45. The van der Waals surface area contributed by atoms with Crippen LogP contribution < -0.4 is 5.32 Å². The second-order valence-corrected chi connectivity index (χ2v) is 6.18. The summed E-state index contributed by atoms with van der Waals surface area (Å²) >= 11 is 0. The highest BCUT2D eigenvalue weighted by atomic mass is 16.2. The molecule has 3 nitrogen and oxygen atoms in total. The largest absolute Gasteiger partial charge is 0.339 e. The third-order valence-electron chi connectivity index (χ3n) is 4.70. The Morgan fingerprint density at radius 2 is 1.95 bits per heavy atom. The van der Waals surface area contributed by atoms with Crippen LogP contribution in [0.4, 0.5) is 0 Å². The minimum Gasteiger partial charge on any atom is -0.339 e. The number of rotatable bonds is 4. The van der Waals surface area contributed by atoms with E-state index in [1.807, 2.05) is 0 Å². The van der Waals surface area contributed by atoms with Gasteiger partial charge in [0.2, 0.25) is 5.91 Å². The van der Waals surface area contributed by atoms with Gasteiger partial charge in [-0.2, -0.15) is 0 Å². The number of benzene rings is 1. The van der Waals surface area contributed by atoms with Crippen LogP contribution in [0.3, 0.4) is 0 Å². The van der Waals surface area contributed by atoms with Gasteiger partial charge in [-0.25, -0.2) is 0 Å². The number of piperidine rings is 1. The van der Waals surface area contributed by atoms with Crippen molar-refractivity contribution in [2.24, 2.45) is 5.92 Å². The summed E-state index contributed by atoms with van der Waals surface area (Å²) in [6, 6.07) is 11.1. The van der Waals surface area contributed by atoms with E-state index >= 15 is 0 Å². The molecule has 1 aromatic carbocycles. The van der Waals surface area contributed by atoms with Crippen molar-refractivity contribution in [1.29, 1.82) is 0 Å². The van der Waals surface area contributed by atoms with Crippen molar-refractivity contribution < 1.29 is 4.79 Å². The Labute approximate surface area is 121 Å². The number of hydrogen-bond acceptors (Lipinski definition) is 2. The Kier molecular flexibility index (Phi) is 4.06. The number of carbonyl (C=O) groups excluding carboxylic acids is 1. The second kappa shape index (κ2) is 5.96. The maximum atomic E-state index is 12.0. The van der Waals surface area contributed by atoms with E-state index in [1.165, 1.54) is 18.4 Å². The quantitative estimate of drug-likeness (QED) is 0.913. The van der Waals surface area contributed by atoms with Gasteiger partial charge in [0, 0.05) is 25.4 Å². The van der Waals surface area contributed by atoms with Crippen LogP contribution in [0.15, 0.2) is 30.3 Å². The molecule has 1 saturated carbocycles. The van der Waals surface area contributed by atoms with Gasteiger partial charge in [0.15, 0.2) is 0 Å². The SMILES string of the molecule is CC(=O)N(CC1CCNCC1)[C@H]1C[C@@H]1c1ccccc1. The average molecular weight is 272 g/mol. The molecule has 1 heterocycles. The van der Waals surface area contributed by atoms with E-state index in [9.17, 15) is 4.79 Å². The van der Waals surface area contributed by atoms with E-state index in [0.717, 1.165) is 26.1 Å². The summed E-state index contributed by atoms with van der Waals surface area (Å²) in [6.45, 7) is 4.87. The van der Waals surface area contributed by atoms with Gasteiger partial charge in [0.1, 0.15) is 0 Å².